The molecule has 21 nitrogen and oxygen atoms in total. The van der Waals surface area contributed by atoms with Gasteiger partial charge in [0.25, 0.3) is 0 Å². The molecule has 0 spiro atoms. The molecule has 19 atom stereocenters. The second kappa shape index (κ2) is 26.6. The number of cyclic esters (lactones) is 1. The Morgan fingerprint density at radius 2 is 1.65 bits per heavy atom. The van der Waals surface area contributed by atoms with Gasteiger partial charge in [-0.1, -0.05) is 26.8 Å². The highest BCUT2D eigenvalue weighted by atomic mass is 16.7. The highest BCUT2D eigenvalue weighted by Gasteiger charge is 2.54. The number of carbonyl (C=O) groups excluding carboxylic acids is 2. The molecule has 1 aromatic heterocycles. The predicted molar refractivity (Wildman–Crippen MR) is 294 cm³/mol. The Morgan fingerprint density at radius 3 is 2.29 bits per heavy atom. The molecule has 79 heavy (non-hydrogen) atoms. The smallest absolute Gasteiger partial charge is 0.407 e. The molecule has 0 aliphatic carbocycles. The van der Waals surface area contributed by atoms with Crippen molar-refractivity contribution in [3.8, 4) is 0 Å². The molecule has 3 saturated heterocycles. The van der Waals surface area contributed by atoms with E-state index in [1.807, 2.05) is 56.3 Å². The molecular weight excluding hydrogens is 1020 g/mol. The second-order valence-corrected chi connectivity index (χ2v) is 24.3. The van der Waals surface area contributed by atoms with Gasteiger partial charge < -0.3 is 83.1 Å². The highest BCUT2D eigenvalue weighted by molar-refractivity contribution is 5.94. The fourth-order valence-electron chi connectivity index (χ4n) is 12.8. The van der Waals surface area contributed by atoms with E-state index in [-0.39, 0.29) is 62.1 Å². The summed E-state index contributed by atoms with van der Waals surface area (Å²) in [7, 11) is 7.06. The normalized spacial score (nSPS) is 38.2. The molecule has 3 fully saturated rings. The van der Waals surface area contributed by atoms with Crippen LogP contribution in [0.3, 0.4) is 0 Å². The number of benzene rings is 1. The first-order valence-corrected chi connectivity index (χ1v) is 28.5. The van der Waals surface area contributed by atoms with E-state index in [4.69, 9.17) is 37.9 Å². The average Bonchev–Trinajstić information content (AvgIpc) is 3.56. The van der Waals surface area contributed by atoms with Gasteiger partial charge in [-0.3, -0.25) is 9.59 Å². The molecule has 5 heterocycles. The van der Waals surface area contributed by atoms with Crippen molar-refractivity contribution in [1.29, 1.82) is 0 Å². The first-order chi connectivity index (χ1) is 37.0. The number of rotatable bonds is 16. The van der Waals surface area contributed by atoms with Crippen LogP contribution in [-0.4, -0.2) is 203 Å². The van der Waals surface area contributed by atoms with Crippen molar-refractivity contribution in [3.05, 3.63) is 45.2 Å². The standard InChI is InChI=1S/C58H94N4O17/c1-16-43-58(11,71)49(65)36(7)61(14)29-31(2)27-56(9,70)50(78-54-47(64)42(60(12)13)24-33(4)74-54)34(5)48(35(6)53(68)76-43)77-44-28-57(10,72-15)51(37(8)75-44)79-55(69)59-21-23-73-22-17-18-38-25-39-20-19-32(3)62-30-41(52(66)67)46(63)40(26-38)45(39)62/h25-26,30-37,42-44,47-51,54,64-65,70-71H,16-24,27-29H2,1-15H3,(H,59,69)(H,66,67)/t31-,32?,33-,34+,35-,36-,37+,42+,43-,44+,47-,48+,49-,50-,51+,54+,56-,57-,58-/m1/s1. The van der Waals surface area contributed by atoms with E-state index >= 15 is 0 Å². The Labute approximate surface area is 466 Å². The second-order valence-electron chi connectivity index (χ2n) is 24.3. The quantitative estimate of drug-likeness (QED) is 0.0973. The van der Waals surface area contributed by atoms with Gasteiger partial charge >= 0.3 is 18.0 Å². The first kappa shape index (κ1) is 64.3. The lowest BCUT2D eigenvalue weighted by atomic mass is 9.77. The van der Waals surface area contributed by atoms with Crippen LogP contribution in [0.4, 0.5) is 4.79 Å². The lowest BCUT2D eigenvalue weighted by Gasteiger charge is -2.49. The van der Waals surface area contributed by atoms with Gasteiger partial charge in [-0.2, -0.15) is 0 Å². The van der Waals surface area contributed by atoms with Crippen molar-refractivity contribution >= 4 is 28.9 Å². The number of aryl methyl sites for hydroxylation is 2. The van der Waals surface area contributed by atoms with E-state index in [0.717, 1.165) is 29.5 Å². The van der Waals surface area contributed by atoms with Gasteiger partial charge in [0, 0.05) is 68.9 Å². The molecule has 1 amide bonds. The van der Waals surface area contributed by atoms with Crippen molar-refractivity contribution in [2.24, 2.45) is 17.8 Å². The number of carboxylic acid groups (broad SMARTS) is 1. The minimum Gasteiger partial charge on any atom is -0.477 e. The van der Waals surface area contributed by atoms with Crippen LogP contribution in [0.25, 0.3) is 10.9 Å². The summed E-state index contributed by atoms with van der Waals surface area (Å²) in [5, 5.41) is 61.0. The van der Waals surface area contributed by atoms with Crippen molar-refractivity contribution in [1.82, 2.24) is 19.7 Å². The molecule has 1 aromatic carbocycles. The number of aromatic nitrogens is 1. The Balaban J connectivity index is 1.15. The van der Waals surface area contributed by atoms with Crippen LogP contribution in [0.2, 0.25) is 0 Å². The number of hydrogen-bond acceptors (Lipinski definition) is 18. The summed E-state index contributed by atoms with van der Waals surface area (Å²) in [6.07, 6.45) is -5.69. The first-order valence-electron chi connectivity index (χ1n) is 28.5. The molecular formula is C58H94N4O17. The number of aliphatic hydroxyl groups is 4. The van der Waals surface area contributed by atoms with Crippen LogP contribution in [0, 0.1) is 17.8 Å². The minimum absolute atomic E-state index is 0.0166. The monoisotopic (exact) mass is 1120 g/mol. The van der Waals surface area contributed by atoms with Gasteiger partial charge in [0.05, 0.1) is 48.1 Å². The lowest BCUT2D eigenvalue weighted by molar-refractivity contribution is -0.317. The number of ether oxygens (including phenoxy) is 8. The number of esters is 1. The number of carbonyl (C=O) groups is 3. The van der Waals surface area contributed by atoms with E-state index in [2.05, 4.69) is 11.4 Å². The summed E-state index contributed by atoms with van der Waals surface area (Å²) in [5.74, 6) is -4.15. The topological polar surface area (TPSA) is 267 Å². The summed E-state index contributed by atoms with van der Waals surface area (Å²) in [6, 6.07) is 3.03. The van der Waals surface area contributed by atoms with Gasteiger partial charge in [-0.05, 0) is 145 Å². The van der Waals surface area contributed by atoms with Crippen LogP contribution >= 0.6 is 0 Å². The maximum absolute atomic E-state index is 14.6. The number of nitrogens with zero attached hydrogens (tertiary/aromatic N) is 3. The molecule has 0 radical (unpaired) electrons. The van der Waals surface area contributed by atoms with E-state index in [1.54, 1.807) is 54.5 Å². The zero-order valence-corrected chi connectivity index (χ0v) is 49.4. The summed E-state index contributed by atoms with van der Waals surface area (Å²) < 4.78 is 52.5. The largest absolute Gasteiger partial charge is 0.477 e. The van der Waals surface area contributed by atoms with Crippen LogP contribution < -0.4 is 10.7 Å². The average molecular weight is 1120 g/mol. The number of carboxylic acids is 1. The molecule has 2 aromatic rings. The Hall–Kier alpha value is -3.84. The molecule has 448 valence electrons. The maximum atomic E-state index is 14.6. The number of aromatic carboxylic acids is 1. The molecule has 6 N–H and O–H groups in total. The number of nitrogens with one attached hydrogen (secondary N) is 1. The highest BCUT2D eigenvalue weighted by Crippen LogP contribution is 2.41. The zero-order valence-electron chi connectivity index (χ0n) is 49.4. The fourth-order valence-corrected chi connectivity index (χ4v) is 12.8. The Bertz CT molecular complexity index is 2450. The van der Waals surface area contributed by atoms with Gasteiger partial charge in [-0.15, -0.1) is 0 Å². The van der Waals surface area contributed by atoms with E-state index in [0.29, 0.717) is 37.8 Å². The number of amides is 1. The maximum Gasteiger partial charge on any atom is 0.407 e. The number of aliphatic hydroxyl groups excluding tert-OH is 2. The van der Waals surface area contributed by atoms with Crippen molar-refractivity contribution < 1.29 is 77.8 Å². The zero-order chi connectivity index (χ0) is 58.6. The fraction of sp³-hybridized carbons (Fsp3) is 0.793. The van der Waals surface area contributed by atoms with Crippen molar-refractivity contribution in [2.75, 3.05) is 54.6 Å². The third-order valence-electron chi connectivity index (χ3n) is 17.5. The van der Waals surface area contributed by atoms with Crippen LogP contribution in [0.5, 0.6) is 0 Å². The minimum atomic E-state index is -1.87. The van der Waals surface area contributed by atoms with E-state index in [9.17, 15) is 44.7 Å². The van der Waals surface area contributed by atoms with E-state index in [1.165, 1.54) is 20.2 Å². The lowest BCUT2D eigenvalue weighted by Crippen LogP contribution is -2.61. The predicted octanol–water partition coefficient (Wildman–Crippen LogP) is 4.80. The van der Waals surface area contributed by atoms with E-state index < -0.39 is 113 Å². The SMILES string of the molecule is CC[C@H]1OC(=O)[C@H](C)[C@@H](O[C@H]2C[C@@](C)(OC)[C@@H](OC(=O)NCCOCCCc3cc4c5c(c3)c(=O)c(C(=O)O)cn5C(C)CC4)[C@H](C)O2)[C@H](C)[C@@H](O[C@@H]2O[C@H](C)C[C@H](N(C)C)[C@H]2O)[C@](C)(O)C[C@@H](C)CN(C)[C@H](C)[C@@H](O)[C@]1(C)O. The van der Waals surface area contributed by atoms with Gasteiger partial charge in [-0.25, -0.2) is 9.59 Å². The molecule has 6 rings (SSSR count). The third kappa shape index (κ3) is 14.7. The molecule has 0 bridgehead atoms. The van der Waals surface area contributed by atoms with Gasteiger partial charge in [0.2, 0.25) is 5.43 Å². The Kier molecular flexibility index (Phi) is 21.7. The Morgan fingerprint density at radius 1 is 0.949 bits per heavy atom. The molecule has 4 aliphatic rings. The molecule has 0 saturated carbocycles. The number of likely N-dealkylation sites (N-methyl/N-ethyl adjacent to an activating group) is 2. The number of methoxy groups -OCH3 is 1. The van der Waals surface area contributed by atoms with Crippen LogP contribution in [-0.2, 0) is 55.5 Å². The summed E-state index contributed by atoms with van der Waals surface area (Å²) in [6.45, 7) is 20.5. The number of pyridine rings is 1. The number of hydrogen-bond donors (Lipinski definition) is 6. The molecule has 1 unspecified atom stereocenters. The molecule has 21 heteroatoms. The van der Waals surface area contributed by atoms with Gasteiger partial charge in [0.1, 0.15) is 35.1 Å². The van der Waals surface area contributed by atoms with Gasteiger partial charge in [0.15, 0.2) is 18.7 Å². The summed E-state index contributed by atoms with van der Waals surface area (Å²) in [4.78, 5) is 57.0. The summed E-state index contributed by atoms with van der Waals surface area (Å²) in [5.41, 5.74) is -2.69. The van der Waals surface area contributed by atoms with Crippen molar-refractivity contribution in [3.63, 3.8) is 0 Å². The van der Waals surface area contributed by atoms with Crippen molar-refractivity contribution in [2.45, 2.75) is 224 Å². The molecule has 4 aliphatic heterocycles. The third-order valence-corrected chi connectivity index (χ3v) is 17.5. The summed E-state index contributed by atoms with van der Waals surface area (Å²) >= 11 is 0. The van der Waals surface area contributed by atoms with Crippen LogP contribution in [0.15, 0.2) is 23.1 Å². The van der Waals surface area contributed by atoms with Crippen LogP contribution in [0.1, 0.15) is 142 Å². The number of alkyl carbamates (subject to hydrolysis) is 1.